The van der Waals surface area contributed by atoms with Gasteiger partial charge < -0.3 is 15.1 Å². The first-order chi connectivity index (χ1) is 12.6. The Bertz CT molecular complexity index is 870. The average Bonchev–Trinajstić information content (AvgIpc) is 3.28. The first-order valence-electron chi connectivity index (χ1n) is 8.65. The quantitative estimate of drug-likeness (QED) is 0.299. The van der Waals surface area contributed by atoms with Gasteiger partial charge in [-0.05, 0) is 38.1 Å². The van der Waals surface area contributed by atoms with Gasteiger partial charge in [-0.1, -0.05) is 17.7 Å². The highest BCUT2D eigenvalue weighted by Crippen LogP contribution is 2.19. The highest BCUT2D eigenvalue weighted by molar-refractivity contribution is 14.0. The number of nitrogens with one attached hydrogen (secondary N) is 2. The second-order valence-electron chi connectivity index (χ2n) is 6.12. The maximum absolute atomic E-state index is 5.60. The van der Waals surface area contributed by atoms with Crippen LogP contribution in [0.25, 0.3) is 11.5 Å². The smallest absolute Gasteiger partial charge is 0.226 e. The fourth-order valence-electron chi connectivity index (χ4n) is 2.53. The molecule has 0 amide bonds. The van der Waals surface area contributed by atoms with Crippen LogP contribution in [-0.2, 0) is 13.0 Å². The van der Waals surface area contributed by atoms with E-state index in [-0.39, 0.29) is 24.0 Å². The monoisotopic (exact) mass is 496 g/mol. The van der Waals surface area contributed by atoms with Gasteiger partial charge in [0.05, 0.1) is 12.2 Å². The molecule has 5 nitrogen and oxygen atoms in total. The molecule has 0 atom stereocenters. The van der Waals surface area contributed by atoms with Crippen LogP contribution in [0.3, 0.4) is 0 Å². The third-order valence-corrected chi connectivity index (χ3v) is 4.97. The molecule has 0 aliphatic carbocycles. The number of thiophene rings is 1. The topological polar surface area (TPSA) is 62.5 Å². The number of hydrogen-bond acceptors (Lipinski definition) is 4. The number of aliphatic imine (C=N–C) groups is 1. The van der Waals surface area contributed by atoms with E-state index in [1.807, 2.05) is 12.1 Å². The molecule has 0 aliphatic rings. The summed E-state index contributed by atoms with van der Waals surface area (Å²) in [4.78, 5) is 11.4. The molecular formula is C20H25IN4OS. The number of guanidine groups is 1. The summed E-state index contributed by atoms with van der Waals surface area (Å²) in [7, 11) is 1.78. The van der Waals surface area contributed by atoms with Crippen molar-refractivity contribution in [2.45, 2.75) is 26.8 Å². The summed E-state index contributed by atoms with van der Waals surface area (Å²) in [5.74, 6) is 1.45. The number of aromatic nitrogens is 1. The van der Waals surface area contributed by atoms with Crippen LogP contribution in [0.2, 0.25) is 0 Å². The van der Waals surface area contributed by atoms with Crippen LogP contribution in [0.4, 0.5) is 0 Å². The number of oxazole rings is 1. The zero-order chi connectivity index (χ0) is 18.4. The molecule has 0 saturated heterocycles. The van der Waals surface area contributed by atoms with Gasteiger partial charge in [-0.15, -0.1) is 35.3 Å². The van der Waals surface area contributed by atoms with Crippen molar-refractivity contribution in [2.24, 2.45) is 4.99 Å². The summed E-state index contributed by atoms with van der Waals surface area (Å²) in [6.07, 6.45) is 2.50. The Hall–Kier alpha value is -1.87. The third-order valence-electron chi connectivity index (χ3n) is 3.97. The van der Waals surface area contributed by atoms with Gasteiger partial charge >= 0.3 is 0 Å². The van der Waals surface area contributed by atoms with E-state index in [1.54, 1.807) is 24.6 Å². The zero-order valence-corrected chi connectivity index (χ0v) is 18.9. The van der Waals surface area contributed by atoms with E-state index in [4.69, 9.17) is 4.42 Å². The lowest BCUT2D eigenvalue weighted by molar-refractivity contribution is 0.572. The molecular weight excluding hydrogens is 471 g/mol. The summed E-state index contributed by atoms with van der Waals surface area (Å²) in [6, 6.07) is 12.5. The van der Waals surface area contributed by atoms with Crippen LogP contribution in [-0.4, -0.2) is 24.5 Å². The van der Waals surface area contributed by atoms with Gasteiger partial charge in [-0.2, -0.15) is 0 Å². The van der Waals surface area contributed by atoms with E-state index in [0.717, 1.165) is 36.7 Å². The van der Waals surface area contributed by atoms with Gasteiger partial charge in [0.1, 0.15) is 6.26 Å². The van der Waals surface area contributed by atoms with Crippen molar-refractivity contribution in [3.05, 3.63) is 63.7 Å². The van der Waals surface area contributed by atoms with Crippen LogP contribution in [0, 0.1) is 13.8 Å². The highest BCUT2D eigenvalue weighted by Gasteiger charge is 2.07. The van der Waals surface area contributed by atoms with Crippen LogP contribution in [0.1, 0.15) is 21.0 Å². The SMILES string of the molecule is CN=C(NCCc1coc(-c2ccc(C)cc2)n1)NCc1ccc(C)s1.I. The maximum Gasteiger partial charge on any atom is 0.226 e. The van der Waals surface area contributed by atoms with Gasteiger partial charge in [0.25, 0.3) is 0 Å². The van der Waals surface area contributed by atoms with Crippen LogP contribution in [0.5, 0.6) is 0 Å². The molecule has 0 unspecified atom stereocenters. The third kappa shape index (κ3) is 6.35. The summed E-state index contributed by atoms with van der Waals surface area (Å²) >= 11 is 1.79. The first-order valence-corrected chi connectivity index (χ1v) is 9.47. The molecule has 7 heteroatoms. The van der Waals surface area contributed by atoms with Crippen molar-refractivity contribution in [1.82, 2.24) is 15.6 Å². The van der Waals surface area contributed by atoms with Crippen molar-refractivity contribution < 1.29 is 4.42 Å². The second kappa shape index (κ2) is 10.5. The van der Waals surface area contributed by atoms with Crippen molar-refractivity contribution in [1.29, 1.82) is 0 Å². The minimum absolute atomic E-state index is 0. The van der Waals surface area contributed by atoms with Gasteiger partial charge in [0, 0.05) is 35.3 Å². The molecule has 0 saturated carbocycles. The van der Waals surface area contributed by atoms with Crippen LogP contribution >= 0.6 is 35.3 Å². The average molecular weight is 496 g/mol. The molecule has 3 aromatic rings. The molecule has 0 aliphatic heterocycles. The van der Waals surface area contributed by atoms with Gasteiger partial charge in [-0.25, -0.2) is 4.98 Å². The molecule has 1 aromatic carbocycles. The van der Waals surface area contributed by atoms with E-state index in [0.29, 0.717) is 5.89 Å². The molecule has 3 rings (SSSR count). The number of rotatable bonds is 6. The molecule has 0 spiro atoms. The lowest BCUT2D eigenvalue weighted by atomic mass is 10.1. The van der Waals surface area contributed by atoms with Crippen molar-refractivity contribution in [3.8, 4) is 11.5 Å². The van der Waals surface area contributed by atoms with E-state index in [9.17, 15) is 0 Å². The van der Waals surface area contributed by atoms with Gasteiger partial charge in [0.2, 0.25) is 5.89 Å². The summed E-state index contributed by atoms with van der Waals surface area (Å²) in [5.41, 5.74) is 3.15. The van der Waals surface area contributed by atoms with Crippen LogP contribution < -0.4 is 10.6 Å². The lowest BCUT2D eigenvalue weighted by Gasteiger charge is -2.10. The number of aryl methyl sites for hydroxylation is 2. The highest BCUT2D eigenvalue weighted by atomic mass is 127. The molecule has 2 aromatic heterocycles. The predicted molar refractivity (Wildman–Crippen MR) is 123 cm³/mol. The number of benzene rings is 1. The van der Waals surface area contributed by atoms with Gasteiger partial charge in [-0.3, -0.25) is 4.99 Å². The molecule has 0 fully saturated rings. The molecule has 0 radical (unpaired) electrons. The van der Waals surface area contributed by atoms with Crippen LogP contribution in [0.15, 0.2) is 52.1 Å². The molecule has 2 heterocycles. The van der Waals surface area contributed by atoms with Crippen molar-refractivity contribution in [2.75, 3.05) is 13.6 Å². The van der Waals surface area contributed by atoms with Crippen molar-refractivity contribution >= 4 is 41.3 Å². The minimum Gasteiger partial charge on any atom is -0.444 e. The van der Waals surface area contributed by atoms with E-state index < -0.39 is 0 Å². The molecule has 0 bridgehead atoms. The Morgan fingerprint density at radius 3 is 2.56 bits per heavy atom. The summed E-state index contributed by atoms with van der Waals surface area (Å²) < 4.78 is 5.60. The lowest BCUT2D eigenvalue weighted by Crippen LogP contribution is -2.37. The standard InChI is InChI=1S/C20H24N4OS.HI/c1-14-4-7-16(8-5-14)19-24-17(13-25-19)10-11-22-20(21-3)23-12-18-9-6-15(2)26-18;/h4-9,13H,10-12H2,1-3H3,(H2,21,22,23);1H. The Morgan fingerprint density at radius 2 is 1.89 bits per heavy atom. The Labute approximate surface area is 181 Å². The number of halogens is 1. The second-order valence-corrected chi connectivity index (χ2v) is 7.50. The summed E-state index contributed by atoms with van der Waals surface area (Å²) in [5, 5.41) is 6.64. The normalized spacial score (nSPS) is 11.1. The first kappa shape index (κ1) is 21.4. The molecule has 27 heavy (non-hydrogen) atoms. The van der Waals surface area contributed by atoms with E-state index >= 15 is 0 Å². The Morgan fingerprint density at radius 1 is 1.11 bits per heavy atom. The Kier molecular flexibility index (Phi) is 8.30. The minimum atomic E-state index is 0. The fourth-order valence-corrected chi connectivity index (χ4v) is 3.36. The van der Waals surface area contributed by atoms with E-state index in [2.05, 4.69) is 58.7 Å². The van der Waals surface area contributed by atoms with Crippen molar-refractivity contribution in [3.63, 3.8) is 0 Å². The maximum atomic E-state index is 5.60. The fraction of sp³-hybridized carbons (Fsp3) is 0.300. The summed E-state index contributed by atoms with van der Waals surface area (Å²) in [6.45, 7) is 5.70. The molecule has 2 N–H and O–H groups in total. The van der Waals surface area contributed by atoms with Gasteiger partial charge in [0.15, 0.2) is 5.96 Å². The largest absolute Gasteiger partial charge is 0.444 e. The number of nitrogens with zero attached hydrogens (tertiary/aromatic N) is 2. The molecule has 144 valence electrons. The zero-order valence-electron chi connectivity index (χ0n) is 15.8. The predicted octanol–water partition coefficient (Wildman–Crippen LogP) is 4.55. The Balaban J connectivity index is 0.00000261. The number of hydrogen-bond donors (Lipinski definition) is 2. The van der Waals surface area contributed by atoms with E-state index in [1.165, 1.54) is 15.3 Å².